The smallest absolute Gasteiger partial charge is 0.111 e. The third kappa shape index (κ3) is 3.29. The number of hydrogen-bond acceptors (Lipinski definition) is 1. The van der Waals surface area contributed by atoms with Gasteiger partial charge in [-0.3, -0.25) is 0 Å². The third-order valence-corrected chi connectivity index (χ3v) is 5.32. The lowest BCUT2D eigenvalue weighted by Crippen LogP contribution is -2.12. The summed E-state index contributed by atoms with van der Waals surface area (Å²) in [5.41, 5.74) is 2.35. The first-order chi connectivity index (χ1) is 10.2. The minimum atomic E-state index is 0.576. The maximum atomic E-state index is 6.00. The van der Waals surface area contributed by atoms with Crippen molar-refractivity contribution in [2.45, 2.75) is 51.5 Å². The molecule has 1 aromatic heterocycles. The molecule has 2 aromatic rings. The van der Waals surface area contributed by atoms with Crippen LogP contribution < -0.4 is 0 Å². The van der Waals surface area contributed by atoms with Crippen LogP contribution in [0.2, 0.25) is 0 Å². The quantitative estimate of drug-likeness (QED) is 0.499. The number of hydrogen-bond donors (Lipinski definition) is 0. The van der Waals surface area contributed by atoms with E-state index in [1.807, 2.05) is 0 Å². The first kappa shape index (κ1) is 15.4. The van der Waals surface area contributed by atoms with Crippen molar-refractivity contribution in [3.8, 4) is 0 Å². The number of halogens is 2. The molecular weight excluding hydrogens is 348 g/mol. The van der Waals surface area contributed by atoms with Gasteiger partial charge in [-0.05, 0) is 43.4 Å². The number of aromatic nitrogens is 2. The molecule has 2 unspecified atom stereocenters. The van der Waals surface area contributed by atoms with Crippen LogP contribution in [0.4, 0.5) is 0 Å². The second-order valence-corrected chi connectivity index (χ2v) is 7.53. The first-order valence-electron chi connectivity index (χ1n) is 7.91. The van der Waals surface area contributed by atoms with E-state index in [2.05, 4.69) is 45.6 Å². The van der Waals surface area contributed by atoms with Crippen LogP contribution in [0.15, 0.2) is 22.7 Å². The van der Waals surface area contributed by atoms with Crippen LogP contribution in [0.25, 0.3) is 11.0 Å². The van der Waals surface area contributed by atoms with Crippen LogP contribution in [-0.2, 0) is 6.42 Å². The predicted octanol–water partition coefficient (Wildman–Crippen LogP) is 5.72. The van der Waals surface area contributed by atoms with E-state index >= 15 is 0 Å². The average Bonchev–Trinajstić information content (AvgIpc) is 2.66. The molecule has 0 amide bonds. The van der Waals surface area contributed by atoms with Gasteiger partial charge in [-0.25, -0.2) is 4.98 Å². The minimum absolute atomic E-state index is 0.576. The standard InChI is InChI=1S/C17H22BrClN2/c1-12-3-2-4-14(7-5-12)21-16-11-13(18)6-8-15(16)20-17(21)9-10-19/h6,8,11-12,14H,2-5,7,9-10H2,1H3. The lowest BCUT2D eigenvalue weighted by molar-refractivity contribution is 0.431. The van der Waals surface area contributed by atoms with Crippen LogP contribution in [0.3, 0.4) is 0 Å². The molecule has 2 atom stereocenters. The average molecular weight is 370 g/mol. The highest BCUT2D eigenvalue weighted by molar-refractivity contribution is 9.10. The zero-order valence-corrected chi connectivity index (χ0v) is 14.8. The molecule has 21 heavy (non-hydrogen) atoms. The van der Waals surface area contributed by atoms with Gasteiger partial charge in [0.2, 0.25) is 0 Å². The van der Waals surface area contributed by atoms with Gasteiger partial charge in [-0.2, -0.15) is 0 Å². The third-order valence-electron chi connectivity index (χ3n) is 4.63. The first-order valence-corrected chi connectivity index (χ1v) is 9.24. The van der Waals surface area contributed by atoms with Gasteiger partial charge in [0, 0.05) is 22.8 Å². The molecule has 3 rings (SSSR count). The largest absolute Gasteiger partial charge is 0.325 e. The molecule has 1 saturated carbocycles. The lowest BCUT2D eigenvalue weighted by atomic mass is 10.0. The Morgan fingerprint density at radius 2 is 2.14 bits per heavy atom. The van der Waals surface area contributed by atoms with Crippen LogP contribution in [0.1, 0.15) is 50.9 Å². The number of imidazole rings is 1. The maximum absolute atomic E-state index is 6.00. The summed E-state index contributed by atoms with van der Waals surface area (Å²) in [6.07, 6.45) is 7.36. The Bertz CT molecular complexity index is 623. The molecule has 4 heteroatoms. The summed E-state index contributed by atoms with van der Waals surface area (Å²) in [6.45, 7) is 2.38. The topological polar surface area (TPSA) is 17.8 Å². The summed E-state index contributed by atoms with van der Waals surface area (Å²) >= 11 is 9.60. The number of nitrogens with zero attached hydrogens (tertiary/aromatic N) is 2. The van der Waals surface area contributed by atoms with Crippen molar-refractivity contribution in [3.63, 3.8) is 0 Å². The molecule has 0 aliphatic heterocycles. The van der Waals surface area contributed by atoms with Crippen molar-refractivity contribution in [2.24, 2.45) is 5.92 Å². The van der Waals surface area contributed by atoms with Gasteiger partial charge in [0.05, 0.1) is 11.0 Å². The van der Waals surface area contributed by atoms with E-state index in [1.165, 1.54) is 37.6 Å². The normalized spacial score (nSPS) is 23.4. The Hall–Kier alpha value is -0.540. The second-order valence-electron chi connectivity index (χ2n) is 6.24. The fraction of sp³-hybridized carbons (Fsp3) is 0.588. The van der Waals surface area contributed by atoms with E-state index in [0.29, 0.717) is 11.9 Å². The monoisotopic (exact) mass is 368 g/mol. The van der Waals surface area contributed by atoms with E-state index in [4.69, 9.17) is 16.6 Å². The van der Waals surface area contributed by atoms with E-state index in [-0.39, 0.29) is 0 Å². The van der Waals surface area contributed by atoms with Gasteiger partial charge in [0.15, 0.2) is 0 Å². The molecule has 0 radical (unpaired) electrons. The molecule has 1 fully saturated rings. The fourth-order valence-corrected chi connectivity index (χ4v) is 4.03. The maximum Gasteiger partial charge on any atom is 0.111 e. The van der Waals surface area contributed by atoms with Gasteiger partial charge >= 0.3 is 0 Å². The van der Waals surface area contributed by atoms with Crippen molar-refractivity contribution in [1.82, 2.24) is 9.55 Å². The number of aryl methyl sites for hydroxylation is 1. The number of fused-ring (bicyclic) bond motifs is 1. The molecule has 0 spiro atoms. The van der Waals surface area contributed by atoms with Crippen molar-refractivity contribution in [3.05, 3.63) is 28.5 Å². The summed E-state index contributed by atoms with van der Waals surface area (Å²) in [5.74, 6) is 2.64. The highest BCUT2D eigenvalue weighted by Gasteiger charge is 2.22. The van der Waals surface area contributed by atoms with Crippen molar-refractivity contribution >= 4 is 38.6 Å². The number of rotatable bonds is 3. The molecule has 1 aromatic carbocycles. The molecule has 114 valence electrons. The summed E-state index contributed by atoms with van der Waals surface area (Å²) in [5, 5.41) is 0. The summed E-state index contributed by atoms with van der Waals surface area (Å²) < 4.78 is 3.59. The van der Waals surface area contributed by atoms with E-state index in [9.17, 15) is 0 Å². The van der Waals surface area contributed by atoms with Crippen LogP contribution in [-0.4, -0.2) is 15.4 Å². The Morgan fingerprint density at radius 1 is 1.29 bits per heavy atom. The second kappa shape index (κ2) is 6.70. The zero-order chi connectivity index (χ0) is 14.8. The Morgan fingerprint density at radius 3 is 2.95 bits per heavy atom. The molecule has 0 saturated heterocycles. The zero-order valence-electron chi connectivity index (χ0n) is 12.5. The van der Waals surface area contributed by atoms with E-state index < -0.39 is 0 Å². The van der Waals surface area contributed by atoms with E-state index in [0.717, 1.165) is 28.2 Å². The van der Waals surface area contributed by atoms with Crippen molar-refractivity contribution < 1.29 is 0 Å². The van der Waals surface area contributed by atoms with Gasteiger partial charge in [-0.15, -0.1) is 11.6 Å². The molecular formula is C17H22BrClN2. The van der Waals surface area contributed by atoms with Crippen LogP contribution in [0, 0.1) is 5.92 Å². The fourth-order valence-electron chi connectivity index (χ4n) is 3.51. The van der Waals surface area contributed by atoms with E-state index in [1.54, 1.807) is 0 Å². The molecule has 0 N–H and O–H groups in total. The SMILES string of the molecule is CC1CCCC(n2c(CCCl)nc3ccc(Br)cc32)CC1. The van der Waals surface area contributed by atoms with Gasteiger partial charge in [0.25, 0.3) is 0 Å². The Balaban J connectivity index is 2.05. The summed E-state index contributed by atoms with van der Waals surface area (Å²) in [7, 11) is 0. The van der Waals surface area contributed by atoms with Gasteiger partial charge in [-0.1, -0.05) is 35.7 Å². The minimum Gasteiger partial charge on any atom is -0.325 e. The van der Waals surface area contributed by atoms with Crippen LogP contribution in [0.5, 0.6) is 0 Å². The van der Waals surface area contributed by atoms with Gasteiger partial charge in [0.1, 0.15) is 5.82 Å². The predicted molar refractivity (Wildman–Crippen MR) is 93.1 cm³/mol. The molecule has 0 bridgehead atoms. The summed E-state index contributed by atoms with van der Waals surface area (Å²) in [6, 6.07) is 6.95. The summed E-state index contributed by atoms with van der Waals surface area (Å²) in [4.78, 5) is 4.83. The Labute approximate surface area is 140 Å². The highest BCUT2D eigenvalue weighted by Crippen LogP contribution is 2.34. The van der Waals surface area contributed by atoms with Crippen molar-refractivity contribution in [2.75, 3.05) is 5.88 Å². The molecule has 1 aliphatic rings. The Kier molecular flexibility index (Phi) is 4.90. The lowest BCUT2D eigenvalue weighted by Gasteiger charge is -2.20. The van der Waals surface area contributed by atoms with Crippen molar-refractivity contribution in [1.29, 1.82) is 0 Å². The molecule has 2 nitrogen and oxygen atoms in total. The molecule has 1 heterocycles. The van der Waals surface area contributed by atoms with Gasteiger partial charge < -0.3 is 4.57 Å². The number of benzene rings is 1. The molecule has 1 aliphatic carbocycles. The van der Waals surface area contributed by atoms with Crippen LogP contribution >= 0.6 is 27.5 Å². The number of alkyl halides is 1. The highest BCUT2D eigenvalue weighted by atomic mass is 79.9.